The lowest BCUT2D eigenvalue weighted by atomic mass is 9.98. The molecule has 0 aliphatic heterocycles. The van der Waals surface area contributed by atoms with Crippen LogP contribution in [0, 0.1) is 13.8 Å². The van der Waals surface area contributed by atoms with Gasteiger partial charge in [0, 0.05) is 0 Å². The number of hydrogen-bond donors (Lipinski definition) is 2. The van der Waals surface area contributed by atoms with E-state index in [-0.39, 0.29) is 5.75 Å². The molecule has 3 nitrogen and oxygen atoms in total. The third-order valence-corrected chi connectivity index (χ3v) is 2.84. The number of aromatic hydroxyl groups is 1. The summed E-state index contributed by atoms with van der Waals surface area (Å²) in [6.45, 7) is 3.57. The number of phenols is 1. The number of carboxylic acid groups (broad SMARTS) is 1. The van der Waals surface area contributed by atoms with Gasteiger partial charge < -0.3 is 10.2 Å². The molecule has 82 valence electrons. The van der Waals surface area contributed by atoms with E-state index in [1.807, 2.05) is 6.92 Å². The van der Waals surface area contributed by atoms with Crippen LogP contribution in [0.2, 0.25) is 0 Å². The van der Waals surface area contributed by atoms with Crippen LogP contribution in [-0.2, 0) is 0 Å². The van der Waals surface area contributed by atoms with Crippen molar-refractivity contribution in [3.63, 3.8) is 0 Å². The number of carbonyl (C=O) groups is 1. The Kier molecular flexibility index (Phi) is 2.31. The highest BCUT2D eigenvalue weighted by Gasteiger charge is 2.10. The predicted molar refractivity (Wildman–Crippen MR) is 62.0 cm³/mol. The fraction of sp³-hybridized carbons (Fsp3) is 0.154. The summed E-state index contributed by atoms with van der Waals surface area (Å²) in [5, 5.41) is 20.3. The van der Waals surface area contributed by atoms with Crippen molar-refractivity contribution in [2.24, 2.45) is 0 Å². The van der Waals surface area contributed by atoms with Crippen molar-refractivity contribution in [3.8, 4) is 5.75 Å². The molecule has 0 aromatic heterocycles. The second kappa shape index (κ2) is 3.52. The third-order valence-electron chi connectivity index (χ3n) is 2.84. The number of carboxylic acids is 1. The van der Waals surface area contributed by atoms with Crippen LogP contribution < -0.4 is 0 Å². The summed E-state index contributed by atoms with van der Waals surface area (Å²) in [4.78, 5) is 11.0. The Balaban J connectivity index is 2.84. The minimum Gasteiger partial charge on any atom is -0.508 e. The fourth-order valence-corrected chi connectivity index (χ4v) is 1.85. The summed E-state index contributed by atoms with van der Waals surface area (Å²) in [6.07, 6.45) is 0. The van der Waals surface area contributed by atoms with Crippen molar-refractivity contribution in [2.75, 3.05) is 0 Å². The van der Waals surface area contributed by atoms with E-state index < -0.39 is 5.97 Å². The molecule has 0 heterocycles. The number of aryl methyl sites for hydroxylation is 2. The lowest BCUT2D eigenvalue weighted by Gasteiger charge is -2.08. The van der Waals surface area contributed by atoms with Crippen molar-refractivity contribution in [1.29, 1.82) is 0 Å². The number of benzene rings is 2. The van der Waals surface area contributed by atoms with Crippen molar-refractivity contribution >= 4 is 16.7 Å². The first-order chi connectivity index (χ1) is 7.50. The molecule has 2 N–H and O–H groups in total. The first kappa shape index (κ1) is 10.5. The SMILES string of the molecule is Cc1cc2c(C)c(O)ccc2cc1C(=O)O. The maximum atomic E-state index is 11.0. The Morgan fingerprint density at radius 2 is 1.88 bits per heavy atom. The van der Waals surface area contributed by atoms with Crippen LogP contribution in [-0.4, -0.2) is 16.2 Å². The normalized spacial score (nSPS) is 10.6. The van der Waals surface area contributed by atoms with E-state index in [4.69, 9.17) is 5.11 Å². The van der Waals surface area contributed by atoms with Gasteiger partial charge in [-0.25, -0.2) is 4.79 Å². The molecule has 0 radical (unpaired) electrons. The van der Waals surface area contributed by atoms with Crippen LogP contribution in [0.15, 0.2) is 24.3 Å². The second-order valence-corrected chi connectivity index (χ2v) is 3.90. The van der Waals surface area contributed by atoms with Gasteiger partial charge in [0.25, 0.3) is 0 Å². The summed E-state index contributed by atoms with van der Waals surface area (Å²) >= 11 is 0. The number of phenolic OH excluding ortho intramolecular Hbond substituents is 1. The minimum atomic E-state index is -0.926. The molecule has 0 atom stereocenters. The molecule has 0 fully saturated rings. The average molecular weight is 216 g/mol. The maximum Gasteiger partial charge on any atom is 0.335 e. The number of hydrogen-bond acceptors (Lipinski definition) is 2. The predicted octanol–water partition coefficient (Wildman–Crippen LogP) is 2.86. The minimum absolute atomic E-state index is 0.231. The molecule has 0 bridgehead atoms. The van der Waals surface area contributed by atoms with Gasteiger partial charge in [-0.05, 0) is 47.9 Å². The molecule has 2 aromatic rings. The fourth-order valence-electron chi connectivity index (χ4n) is 1.85. The van der Waals surface area contributed by atoms with Crippen molar-refractivity contribution in [2.45, 2.75) is 13.8 Å². The summed E-state index contributed by atoms with van der Waals surface area (Å²) in [7, 11) is 0. The van der Waals surface area contributed by atoms with E-state index in [9.17, 15) is 9.90 Å². The number of aromatic carboxylic acids is 1. The Morgan fingerprint density at radius 3 is 2.50 bits per heavy atom. The van der Waals surface area contributed by atoms with Gasteiger partial charge in [0.1, 0.15) is 5.75 Å². The standard InChI is InChI=1S/C13H12O3/c1-7-5-11-8(2)12(14)4-3-9(11)6-10(7)13(15)16/h3-6,14H,1-2H3,(H,15,16). The van der Waals surface area contributed by atoms with E-state index in [1.165, 1.54) is 0 Å². The quantitative estimate of drug-likeness (QED) is 0.770. The zero-order chi connectivity index (χ0) is 11.9. The van der Waals surface area contributed by atoms with Crippen LogP contribution in [0.25, 0.3) is 10.8 Å². The van der Waals surface area contributed by atoms with Crippen molar-refractivity contribution < 1.29 is 15.0 Å². The molecule has 3 heteroatoms. The molecule has 16 heavy (non-hydrogen) atoms. The molecule has 0 unspecified atom stereocenters. The van der Waals surface area contributed by atoms with Gasteiger partial charge in [0.15, 0.2) is 0 Å². The molecule has 2 rings (SSSR count). The van der Waals surface area contributed by atoms with E-state index in [2.05, 4.69) is 0 Å². The molecule has 0 amide bonds. The van der Waals surface area contributed by atoms with Gasteiger partial charge in [-0.3, -0.25) is 0 Å². The number of rotatable bonds is 1. The van der Waals surface area contributed by atoms with Gasteiger partial charge in [-0.2, -0.15) is 0 Å². The first-order valence-electron chi connectivity index (χ1n) is 4.97. The van der Waals surface area contributed by atoms with Gasteiger partial charge >= 0.3 is 5.97 Å². The van der Waals surface area contributed by atoms with E-state index >= 15 is 0 Å². The Bertz CT molecular complexity index is 585. The molecule has 0 saturated carbocycles. The molecule has 0 spiro atoms. The van der Waals surface area contributed by atoms with Crippen LogP contribution in [0.5, 0.6) is 5.75 Å². The number of fused-ring (bicyclic) bond motifs is 1. The lowest BCUT2D eigenvalue weighted by molar-refractivity contribution is 0.0696. The largest absolute Gasteiger partial charge is 0.508 e. The van der Waals surface area contributed by atoms with E-state index in [0.29, 0.717) is 11.1 Å². The van der Waals surface area contributed by atoms with Gasteiger partial charge in [-0.1, -0.05) is 12.1 Å². The van der Waals surface area contributed by atoms with E-state index in [0.717, 1.165) is 16.3 Å². The molecule has 0 saturated heterocycles. The topological polar surface area (TPSA) is 57.5 Å². The second-order valence-electron chi connectivity index (χ2n) is 3.90. The van der Waals surface area contributed by atoms with Crippen LogP contribution in [0.4, 0.5) is 0 Å². The molecular formula is C13H12O3. The van der Waals surface area contributed by atoms with Crippen molar-refractivity contribution in [1.82, 2.24) is 0 Å². The Labute approximate surface area is 93.0 Å². The van der Waals surface area contributed by atoms with Gasteiger partial charge in [0.2, 0.25) is 0 Å². The molecule has 0 aliphatic carbocycles. The zero-order valence-electron chi connectivity index (χ0n) is 9.11. The van der Waals surface area contributed by atoms with E-state index in [1.54, 1.807) is 31.2 Å². The highest BCUT2D eigenvalue weighted by molar-refractivity contribution is 5.97. The lowest BCUT2D eigenvalue weighted by Crippen LogP contribution is -1.99. The van der Waals surface area contributed by atoms with Gasteiger partial charge in [-0.15, -0.1) is 0 Å². The summed E-state index contributed by atoms with van der Waals surface area (Å²) < 4.78 is 0. The van der Waals surface area contributed by atoms with Crippen LogP contribution >= 0.6 is 0 Å². The summed E-state index contributed by atoms with van der Waals surface area (Å²) in [6, 6.07) is 6.75. The summed E-state index contributed by atoms with van der Waals surface area (Å²) in [5.41, 5.74) is 1.78. The maximum absolute atomic E-state index is 11.0. The highest BCUT2D eigenvalue weighted by atomic mass is 16.4. The highest BCUT2D eigenvalue weighted by Crippen LogP contribution is 2.28. The average Bonchev–Trinajstić information content (AvgIpc) is 2.23. The van der Waals surface area contributed by atoms with Crippen molar-refractivity contribution in [3.05, 3.63) is 41.0 Å². The van der Waals surface area contributed by atoms with Crippen LogP contribution in [0.3, 0.4) is 0 Å². The van der Waals surface area contributed by atoms with Gasteiger partial charge in [0.05, 0.1) is 5.56 Å². The zero-order valence-corrected chi connectivity index (χ0v) is 9.11. The third kappa shape index (κ3) is 1.50. The Morgan fingerprint density at radius 1 is 1.19 bits per heavy atom. The molecular weight excluding hydrogens is 204 g/mol. The summed E-state index contributed by atoms with van der Waals surface area (Å²) in [5.74, 6) is -0.694. The molecule has 2 aromatic carbocycles. The monoisotopic (exact) mass is 216 g/mol. The molecule has 0 aliphatic rings. The Hall–Kier alpha value is -2.03. The smallest absolute Gasteiger partial charge is 0.335 e. The van der Waals surface area contributed by atoms with Crippen LogP contribution in [0.1, 0.15) is 21.5 Å². The first-order valence-corrected chi connectivity index (χ1v) is 4.97.